The van der Waals surface area contributed by atoms with E-state index in [4.69, 9.17) is 16.0 Å². The van der Waals surface area contributed by atoms with Crippen LogP contribution in [0.3, 0.4) is 0 Å². The Bertz CT molecular complexity index is 1420. The number of nitrogens with zero attached hydrogens (tertiary/aromatic N) is 1. The van der Waals surface area contributed by atoms with Gasteiger partial charge in [-0.05, 0) is 42.4 Å². The van der Waals surface area contributed by atoms with Crippen LogP contribution in [0.1, 0.15) is 43.0 Å². The number of phenolic OH excluding ortho intramolecular Hbond substituents is 1. The standard InChI is InChI=1S/C25H25N3O8/c1-8(2)13-7-15(36-28-13)10-3-4-14(29)17-11(10)5-9-6-12-19(26)21(31)18(24(27)34)23(33)25(12,35)22(32)16(9)20(17)30/h3-4,7-9,12,19,29-30,33,35H,5-6,26H2,1-2H3,(H2,27,34)/t9?,12?,19-,25+/m1/s1. The zero-order valence-corrected chi connectivity index (χ0v) is 19.5. The predicted molar refractivity (Wildman–Crippen MR) is 124 cm³/mol. The van der Waals surface area contributed by atoms with Crippen molar-refractivity contribution in [3.8, 4) is 17.1 Å². The van der Waals surface area contributed by atoms with E-state index in [0.29, 0.717) is 22.6 Å². The highest BCUT2D eigenvalue weighted by molar-refractivity contribution is 6.24. The smallest absolute Gasteiger partial charge is 0.255 e. The lowest BCUT2D eigenvalue weighted by Gasteiger charge is -2.48. The summed E-state index contributed by atoms with van der Waals surface area (Å²) in [4.78, 5) is 38.1. The van der Waals surface area contributed by atoms with Crippen LogP contribution in [0.4, 0.5) is 0 Å². The van der Waals surface area contributed by atoms with E-state index in [2.05, 4.69) is 5.16 Å². The van der Waals surface area contributed by atoms with Crippen molar-refractivity contribution < 1.29 is 39.3 Å². The van der Waals surface area contributed by atoms with Crippen molar-refractivity contribution >= 4 is 23.2 Å². The van der Waals surface area contributed by atoms with Gasteiger partial charge in [0.2, 0.25) is 5.78 Å². The van der Waals surface area contributed by atoms with Crippen LogP contribution in [0.15, 0.2) is 39.6 Å². The number of carbonyl (C=O) groups excluding carboxylic acids is 3. The molecule has 2 unspecified atom stereocenters. The van der Waals surface area contributed by atoms with Gasteiger partial charge in [-0.3, -0.25) is 14.4 Å². The van der Waals surface area contributed by atoms with Crippen molar-refractivity contribution in [3.63, 3.8) is 0 Å². The molecule has 5 rings (SSSR count). The number of Topliss-reactive ketones (excluding diaryl/α,β-unsaturated/α-hetero) is 2. The molecule has 11 heteroatoms. The van der Waals surface area contributed by atoms with Crippen LogP contribution in [-0.4, -0.2) is 54.7 Å². The summed E-state index contributed by atoms with van der Waals surface area (Å²) < 4.78 is 5.51. The molecule has 1 heterocycles. The number of carbonyl (C=O) groups is 3. The van der Waals surface area contributed by atoms with E-state index < -0.39 is 58.0 Å². The number of aliphatic hydroxyl groups excluding tert-OH is 2. The van der Waals surface area contributed by atoms with Crippen LogP contribution < -0.4 is 11.5 Å². The number of hydrogen-bond acceptors (Lipinski definition) is 10. The van der Waals surface area contributed by atoms with Gasteiger partial charge in [0.15, 0.2) is 17.1 Å². The fourth-order valence-corrected chi connectivity index (χ4v) is 5.64. The molecule has 0 aliphatic heterocycles. The number of aromatic nitrogens is 1. The number of ketones is 2. The molecule has 1 fully saturated rings. The number of phenols is 1. The molecule has 2 aromatic rings. The topological polar surface area (TPSA) is 210 Å². The Kier molecular flexibility index (Phi) is 5.13. The fraction of sp³-hybridized carbons (Fsp3) is 0.360. The molecule has 3 aliphatic carbocycles. The molecule has 1 amide bonds. The molecule has 1 saturated carbocycles. The molecule has 36 heavy (non-hydrogen) atoms. The van der Waals surface area contributed by atoms with E-state index in [1.807, 2.05) is 13.8 Å². The maximum atomic E-state index is 13.6. The molecular formula is C25H25N3O8. The van der Waals surface area contributed by atoms with Crippen LogP contribution in [0.5, 0.6) is 5.75 Å². The molecule has 1 aromatic carbocycles. The highest BCUT2D eigenvalue weighted by atomic mass is 16.5. The van der Waals surface area contributed by atoms with Crippen molar-refractivity contribution in [2.75, 3.05) is 0 Å². The van der Waals surface area contributed by atoms with Gasteiger partial charge in [0.25, 0.3) is 5.91 Å². The largest absolute Gasteiger partial charge is 0.508 e. The summed E-state index contributed by atoms with van der Waals surface area (Å²) in [6, 6.07) is 3.21. The van der Waals surface area contributed by atoms with Gasteiger partial charge >= 0.3 is 0 Å². The number of nitrogens with two attached hydrogens (primary N) is 2. The van der Waals surface area contributed by atoms with Crippen LogP contribution in [0, 0.1) is 11.8 Å². The van der Waals surface area contributed by atoms with Gasteiger partial charge in [0.1, 0.15) is 22.8 Å². The molecule has 188 valence electrons. The number of fused-ring (bicyclic) bond motifs is 3. The molecule has 4 atom stereocenters. The van der Waals surface area contributed by atoms with E-state index in [0.717, 1.165) is 0 Å². The quantitative estimate of drug-likeness (QED) is 0.334. The number of rotatable bonds is 3. The fourth-order valence-electron chi connectivity index (χ4n) is 5.64. The van der Waals surface area contributed by atoms with Crippen molar-refractivity contribution in [1.82, 2.24) is 5.16 Å². The molecule has 0 bridgehead atoms. The SMILES string of the molecule is CC(C)c1cc(-c2ccc(O)c3c2CC2CC4[C@@H](N)C(=O)C(C(N)=O)=C(O)[C@@]4(O)C(=O)C2=C3O)on1. The molecule has 11 nitrogen and oxygen atoms in total. The van der Waals surface area contributed by atoms with Crippen molar-refractivity contribution in [3.05, 3.63) is 51.9 Å². The van der Waals surface area contributed by atoms with Gasteiger partial charge in [-0.25, -0.2) is 0 Å². The monoisotopic (exact) mass is 495 g/mol. The highest BCUT2D eigenvalue weighted by Crippen LogP contribution is 2.52. The Morgan fingerprint density at radius 3 is 2.53 bits per heavy atom. The third-order valence-corrected chi connectivity index (χ3v) is 7.52. The Hall–Kier alpha value is -3.96. The second kappa shape index (κ2) is 7.77. The zero-order chi connectivity index (χ0) is 26.3. The maximum absolute atomic E-state index is 13.6. The Labute approximate surface area is 204 Å². The van der Waals surface area contributed by atoms with Crippen molar-refractivity contribution in [2.24, 2.45) is 23.3 Å². The minimum atomic E-state index is -2.74. The number of hydrogen-bond donors (Lipinski definition) is 6. The predicted octanol–water partition coefficient (Wildman–Crippen LogP) is 1.14. The number of primary amides is 1. The molecule has 1 aromatic heterocycles. The minimum Gasteiger partial charge on any atom is -0.508 e. The first-order chi connectivity index (χ1) is 16.9. The Morgan fingerprint density at radius 2 is 1.92 bits per heavy atom. The van der Waals surface area contributed by atoms with Gasteiger partial charge in [0.05, 0.1) is 17.3 Å². The second-order valence-electron chi connectivity index (χ2n) is 9.84. The molecule has 0 saturated heterocycles. The molecule has 0 spiro atoms. The van der Waals surface area contributed by atoms with Gasteiger partial charge in [-0.1, -0.05) is 19.0 Å². The maximum Gasteiger partial charge on any atom is 0.255 e. The Morgan fingerprint density at radius 1 is 1.22 bits per heavy atom. The number of aliphatic hydroxyl groups is 3. The van der Waals surface area contributed by atoms with E-state index in [1.165, 1.54) is 6.07 Å². The number of amides is 1. The van der Waals surface area contributed by atoms with E-state index in [-0.39, 0.29) is 35.6 Å². The molecular weight excluding hydrogens is 470 g/mol. The van der Waals surface area contributed by atoms with E-state index in [9.17, 15) is 34.8 Å². The normalized spacial score (nSPS) is 27.8. The average Bonchev–Trinajstić information content (AvgIpc) is 3.30. The first-order valence-electron chi connectivity index (χ1n) is 11.4. The van der Waals surface area contributed by atoms with Crippen LogP contribution in [0.2, 0.25) is 0 Å². The Balaban J connectivity index is 1.70. The van der Waals surface area contributed by atoms with Crippen molar-refractivity contribution in [1.29, 1.82) is 0 Å². The third-order valence-electron chi connectivity index (χ3n) is 7.52. The first-order valence-corrected chi connectivity index (χ1v) is 11.4. The molecule has 0 radical (unpaired) electrons. The lowest BCUT2D eigenvalue weighted by molar-refractivity contribution is -0.149. The molecule has 8 N–H and O–H groups in total. The van der Waals surface area contributed by atoms with E-state index in [1.54, 1.807) is 12.1 Å². The lowest BCUT2D eigenvalue weighted by atomic mass is 9.57. The average molecular weight is 495 g/mol. The van der Waals surface area contributed by atoms with E-state index >= 15 is 0 Å². The van der Waals surface area contributed by atoms with Gasteiger partial charge in [-0.15, -0.1) is 0 Å². The lowest BCUT2D eigenvalue weighted by Crippen LogP contribution is -2.65. The highest BCUT2D eigenvalue weighted by Gasteiger charge is 2.63. The summed E-state index contributed by atoms with van der Waals surface area (Å²) in [6.07, 6.45) is 0.0510. The van der Waals surface area contributed by atoms with Crippen molar-refractivity contribution in [2.45, 2.75) is 44.2 Å². The summed E-state index contributed by atoms with van der Waals surface area (Å²) in [7, 11) is 0. The van der Waals surface area contributed by atoms with Gasteiger partial charge in [-0.2, -0.15) is 0 Å². The summed E-state index contributed by atoms with van der Waals surface area (Å²) >= 11 is 0. The summed E-state index contributed by atoms with van der Waals surface area (Å²) in [5, 5.41) is 47.9. The second-order valence-corrected chi connectivity index (χ2v) is 9.84. The summed E-state index contributed by atoms with van der Waals surface area (Å²) in [5.74, 6) is -6.99. The van der Waals surface area contributed by atoms with Crippen LogP contribution in [0.25, 0.3) is 17.1 Å². The van der Waals surface area contributed by atoms with Gasteiger partial charge < -0.3 is 36.4 Å². The minimum absolute atomic E-state index is 0.0218. The zero-order valence-electron chi connectivity index (χ0n) is 19.5. The third kappa shape index (κ3) is 2.99. The van der Waals surface area contributed by atoms with Crippen LogP contribution in [-0.2, 0) is 20.8 Å². The summed E-state index contributed by atoms with van der Waals surface area (Å²) in [5.41, 5.74) is 9.04. The van der Waals surface area contributed by atoms with Crippen LogP contribution >= 0.6 is 0 Å². The molecule has 3 aliphatic rings. The summed E-state index contributed by atoms with van der Waals surface area (Å²) in [6.45, 7) is 3.90. The van der Waals surface area contributed by atoms with Gasteiger partial charge in [0, 0.05) is 23.1 Å². The number of benzene rings is 1. The number of aromatic hydroxyl groups is 1. The first kappa shape index (κ1) is 23.8.